The van der Waals surface area contributed by atoms with Gasteiger partial charge in [-0.3, -0.25) is 0 Å². The van der Waals surface area contributed by atoms with Crippen molar-refractivity contribution in [2.45, 2.75) is 225 Å². The smallest absolute Gasteiger partial charge is 0.227 e. The minimum absolute atomic E-state index is 0.378. The van der Waals surface area contributed by atoms with Crippen molar-refractivity contribution >= 4 is 88.3 Å². The van der Waals surface area contributed by atoms with Crippen LogP contribution in [0.4, 0.5) is 0 Å². The van der Waals surface area contributed by atoms with E-state index in [1.807, 2.05) is 0 Å². The lowest BCUT2D eigenvalue weighted by Crippen LogP contribution is -2.32. The van der Waals surface area contributed by atoms with Crippen LogP contribution in [-0.4, -0.2) is 19.9 Å². The number of fused-ring (bicyclic) bond motifs is 12. The minimum atomic E-state index is 0.378. The number of hydrogen-bond acceptors (Lipinski definition) is 8. The molecular formula is C103H120N8O4+4. The fourth-order valence-electron chi connectivity index (χ4n) is 17.8. The molecule has 4 aromatic carbocycles. The Morgan fingerprint density at radius 1 is 0.339 bits per heavy atom. The van der Waals surface area contributed by atoms with Crippen molar-refractivity contribution in [3.8, 4) is 45.0 Å². The van der Waals surface area contributed by atoms with Crippen LogP contribution in [0.1, 0.15) is 242 Å². The fourth-order valence-corrected chi connectivity index (χ4v) is 17.8. The van der Waals surface area contributed by atoms with Crippen LogP contribution in [0.15, 0.2) is 176 Å². The number of rotatable bonds is 11. The van der Waals surface area contributed by atoms with E-state index in [1.54, 1.807) is 0 Å². The van der Waals surface area contributed by atoms with Crippen molar-refractivity contribution in [1.29, 1.82) is 0 Å². The molecule has 2 fully saturated rings. The van der Waals surface area contributed by atoms with Crippen LogP contribution in [-0.2, 0) is 41.0 Å². The first-order valence-corrected chi connectivity index (χ1v) is 42.5. The van der Waals surface area contributed by atoms with Gasteiger partial charge in [-0.1, -0.05) is 170 Å². The van der Waals surface area contributed by atoms with Gasteiger partial charge in [-0.25, -0.2) is 38.2 Å². The summed E-state index contributed by atoms with van der Waals surface area (Å²) < 4.78 is 34.2. The quantitative estimate of drug-likeness (QED) is 0.117. The van der Waals surface area contributed by atoms with Crippen molar-refractivity contribution in [1.82, 2.24) is 19.9 Å². The van der Waals surface area contributed by atoms with E-state index < -0.39 is 0 Å². The van der Waals surface area contributed by atoms with Gasteiger partial charge >= 0.3 is 0 Å². The molecule has 592 valence electrons. The number of aromatic nitrogens is 8. The molecule has 0 N–H and O–H groups in total. The highest BCUT2D eigenvalue weighted by atomic mass is 16.4. The van der Waals surface area contributed by atoms with Crippen molar-refractivity contribution in [3.05, 3.63) is 237 Å². The number of benzene rings is 4. The Kier molecular flexibility index (Phi) is 23.9. The van der Waals surface area contributed by atoms with Gasteiger partial charge in [-0.05, 0) is 197 Å². The normalized spacial score (nSPS) is 13.5. The molecular weight excluding hydrogens is 1410 g/mol. The lowest BCUT2D eigenvalue weighted by molar-refractivity contribution is -0.661. The molecule has 0 amide bonds. The van der Waals surface area contributed by atoms with Crippen molar-refractivity contribution < 1.29 is 35.9 Å². The molecule has 0 spiro atoms. The third-order valence-electron chi connectivity index (χ3n) is 24.5. The van der Waals surface area contributed by atoms with E-state index in [4.69, 9.17) is 37.6 Å². The fraction of sp³-hybridized carbons (Fsp3) is 0.379. The molecule has 2 aliphatic rings. The molecule has 0 bridgehead atoms. The van der Waals surface area contributed by atoms with Crippen LogP contribution in [0.25, 0.3) is 133 Å². The Hall–Kier alpha value is -10.7. The standard InChI is InChI=1S/C25H29N2O.C24H25N2O.2C24H27N2O.C6H12/c1-14(2)20-13-27(7)22(12-17(20)6)23-16(5)8-9-18-19-10-11-21(15(3)4)26-25(19)28-24(18)23;1-16-11-12-18-19-13-14-20(17-8-4-3-5-9-17)25-24(19)27-23(18)22(16)21-10-6-7-15-26(21)2;2*1-7-17-9-11-19-18-10-8-15(4)22(23(18)27-24(19)25-17)21-12-16(5)20(14(2)3)13-26(21)6;1-6-4-2-3-5-6/h8-15H,1-7H3;6-7,10-15,17H,3-5,8-9H2,1-2H3;2*8-14H,7H2,1-6H3;6H,2-5H2,1H3/q4*+1;. The molecule has 0 unspecified atom stereocenters. The van der Waals surface area contributed by atoms with E-state index in [0.29, 0.717) is 29.6 Å². The Morgan fingerprint density at radius 2 is 0.678 bits per heavy atom. The predicted octanol–water partition coefficient (Wildman–Crippen LogP) is 25.9. The van der Waals surface area contributed by atoms with Crippen LogP contribution < -0.4 is 18.3 Å². The molecule has 16 aromatic rings. The molecule has 12 heterocycles. The van der Waals surface area contributed by atoms with E-state index in [1.165, 1.54) is 136 Å². The van der Waals surface area contributed by atoms with Gasteiger partial charge in [0.2, 0.25) is 45.6 Å². The van der Waals surface area contributed by atoms with Crippen molar-refractivity contribution in [2.75, 3.05) is 0 Å². The Balaban J connectivity index is 0.000000123. The zero-order valence-corrected chi connectivity index (χ0v) is 72.5. The highest BCUT2D eigenvalue weighted by molar-refractivity contribution is 6.12. The average Bonchev–Trinajstić information content (AvgIpc) is 1.64. The van der Waals surface area contributed by atoms with Crippen LogP contribution >= 0.6 is 0 Å². The summed E-state index contributed by atoms with van der Waals surface area (Å²) >= 11 is 0. The molecule has 0 saturated heterocycles. The number of hydrogen-bond donors (Lipinski definition) is 0. The summed E-state index contributed by atoms with van der Waals surface area (Å²) in [5.41, 5.74) is 33.3. The van der Waals surface area contributed by atoms with Gasteiger partial charge in [-0.15, -0.1) is 0 Å². The zero-order chi connectivity index (χ0) is 81.5. The van der Waals surface area contributed by atoms with Gasteiger partial charge in [0.05, 0.1) is 22.3 Å². The molecule has 12 heteroatoms. The Labute approximate surface area is 680 Å². The molecule has 0 aliphatic heterocycles. The molecule has 115 heavy (non-hydrogen) atoms. The third-order valence-corrected chi connectivity index (χ3v) is 24.5. The summed E-state index contributed by atoms with van der Waals surface area (Å²) in [6.45, 7) is 39.5. The Morgan fingerprint density at radius 3 is 1.03 bits per heavy atom. The highest BCUT2D eigenvalue weighted by Crippen LogP contribution is 2.43. The second-order valence-electron chi connectivity index (χ2n) is 34.4. The lowest BCUT2D eigenvalue weighted by Gasteiger charge is -2.20. The maximum absolute atomic E-state index is 6.38. The molecule has 2 aliphatic carbocycles. The molecule has 0 radical (unpaired) electrons. The number of furan rings is 4. The number of aryl methyl sites for hydroxylation is 13. The lowest BCUT2D eigenvalue weighted by atomic mass is 9.86. The van der Waals surface area contributed by atoms with Crippen LogP contribution in [0, 0.1) is 54.4 Å². The first-order valence-electron chi connectivity index (χ1n) is 42.5. The summed E-state index contributed by atoms with van der Waals surface area (Å²) in [5, 5.41) is 8.91. The average molecular weight is 1530 g/mol. The summed E-state index contributed by atoms with van der Waals surface area (Å²) in [6.07, 6.45) is 23.1. The van der Waals surface area contributed by atoms with Crippen molar-refractivity contribution in [3.63, 3.8) is 0 Å². The summed E-state index contributed by atoms with van der Waals surface area (Å²) in [6, 6.07) is 47.7. The van der Waals surface area contributed by atoms with E-state index in [0.717, 1.165) is 152 Å². The largest absolute Gasteiger partial charge is 0.437 e. The number of nitrogens with zero attached hydrogens (tertiary/aromatic N) is 8. The maximum Gasteiger partial charge on any atom is 0.227 e. The first kappa shape index (κ1) is 80.9. The van der Waals surface area contributed by atoms with E-state index in [9.17, 15) is 0 Å². The highest BCUT2D eigenvalue weighted by Gasteiger charge is 2.29. The van der Waals surface area contributed by atoms with Crippen LogP contribution in [0.5, 0.6) is 0 Å². The van der Waals surface area contributed by atoms with Crippen LogP contribution in [0.3, 0.4) is 0 Å². The van der Waals surface area contributed by atoms with Gasteiger partial charge in [0.25, 0.3) is 0 Å². The second-order valence-corrected chi connectivity index (χ2v) is 34.4. The van der Waals surface area contributed by atoms with E-state index >= 15 is 0 Å². The van der Waals surface area contributed by atoms with Gasteiger partial charge in [-0.2, -0.15) is 0 Å². The SMILES string of the molecule is CC1CCCC1.CCc1ccc2c(n1)oc1c(-c3cc(C)c(C(C)C)c[n+]3C)c(C)ccc12.CCc1ccc2c(n1)oc1c(-c3cc(C)c(C(C)C)c[n+]3C)c(C)ccc12.Cc1cc(-c2c(C)ccc3c2oc2nc(C(C)C)ccc23)[n+](C)cc1C(C)C.Cc1ccc2c(oc3nc(C4CCCCC4)ccc32)c1-c1cccc[n+]1C. The van der Waals surface area contributed by atoms with Gasteiger partial charge in [0.1, 0.15) is 28.2 Å². The van der Waals surface area contributed by atoms with Gasteiger partial charge < -0.3 is 17.7 Å². The van der Waals surface area contributed by atoms with E-state index in [-0.39, 0.29) is 0 Å². The predicted molar refractivity (Wildman–Crippen MR) is 474 cm³/mol. The topological polar surface area (TPSA) is 120 Å². The first-order chi connectivity index (χ1) is 55.2. The van der Waals surface area contributed by atoms with E-state index in [2.05, 4.69) is 329 Å². The summed E-state index contributed by atoms with van der Waals surface area (Å²) in [5.74, 6) is 3.52. The molecule has 2 saturated carbocycles. The Bertz CT molecular complexity index is 6120. The van der Waals surface area contributed by atoms with Crippen molar-refractivity contribution in [2.24, 2.45) is 34.1 Å². The van der Waals surface area contributed by atoms with Gasteiger partial charge in [0, 0.05) is 119 Å². The molecule has 18 rings (SSSR count). The minimum Gasteiger partial charge on any atom is -0.437 e. The molecule has 0 atom stereocenters. The number of pyridine rings is 8. The molecule has 12 nitrogen and oxygen atoms in total. The zero-order valence-electron chi connectivity index (χ0n) is 72.5. The molecule has 12 aromatic heterocycles. The maximum atomic E-state index is 6.38. The second kappa shape index (κ2) is 34.0. The monoisotopic (exact) mass is 1530 g/mol. The van der Waals surface area contributed by atoms with Crippen LogP contribution in [0.2, 0.25) is 0 Å². The third kappa shape index (κ3) is 16.3. The summed E-state index contributed by atoms with van der Waals surface area (Å²) in [4.78, 5) is 19.1. The van der Waals surface area contributed by atoms with Gasteiger partial charge in [0.15, 0.2) is 47.1 Å². The summed E-state index contributed by atoms with van der Waals surface area (Å²) in [7, 11) is 8.44.